The first-order valence-electron chi connectivity index (χ1n) is 5.95. The van der Waals surface area contributed by atoms with E-state index in [9.17, 15) is 4.79 Å². The highest BCUT2D eigenvalue weighted by Crippen LogP contribution is 2.34. The highest BCUT2D eigenvalue weighted by atomic mass is 79.9. The number of carbonyl (C=O) groups excluding carboxylic acids is 1. The van der Waals surface area contributed by atoms with Gasteiger partial charge in [-0.1, -0.05) is 28.8 Å². The second-order valence-electron chi connectivity index (χ2n) is 4.39. The Kier molecular flexibility index (Phi) is 5.72. The SMILES string of the molecule is O=C(c1cc(Br)c(Br)s1)N1CCCCCC1CBr. The Balaban J connectivity index is 2.19. The van der Waals surface area contributed by atoms with Gasteiger partial charge in [0.25, 0.3) is 5.91 Å². The van der Waals surface area contributed by atoms with E-state index in [-0.39, 0.29) is 5.91 Å². The highest BCUT2D eigenvalue weighted by molar-refractivity contribution is 9.13. The van der Waals surface area contributed by atoms with Gasteiger partial charge in [0.05, 0.1) is 8.66 Å². The summed E-state index contributed by atoms with van der Waals surface area (Å²) in [5, 5.41) is 0.868. The Morgan fingerprint density at radius 2 is 2.17 bits per heavy atom. The monoisotopic (exact) mass is 457 g/mol. The number of carbonyl (C=O) groups is 1. The van der Waals surface area contributed by atoms with Gasteiger partial charge in [-0.05, 0) is 50.8 Å². The molecule has 0 saturated carbocycles. The fourth-order valence-corrected chi connectivity index (χ4v) is 4.86. The van der Waals surface area contributed by atoms with Gasteiger partial charge >= 0.3 is 0 Å². The number of hydrogen-bond acceptors (Lipinski definition) is 2. The molecule has 0 radical (unpaired) electrons. The number of nitrogens with zero attached hydrogens (tertiary/aromatic N) is 1. The van der Waals surface area contributed by atoms with Crippen molar-refractivity contribution in [3.63, 3.8) is 0 Å². The second-order valence-corrected chi connectivity index (χ2v) is 8.26. The van der Waals surface area contributed by atoms with E-state index in [1.54, 1.807) is 0 Å². The summed E-state index contributed by atoms with van der Waals surface area (Å²) >= 11 is 11.9. The van der Waals surface area contributed by atoms with Gasteiger partial charge in [0.1, 0.15) is 0 Å². The fraction of sp³-hybridized carbons (Fsp3) is 0.583. The number of likely N-dealkylation sites (tertiary alicyclic amines) is 1. The number of thiophene rings is 1. The van der Waals surface area contributed by atoms with Gasteiger partial charge in [0.15, 0.2) is 0 Å². The van der Waals surface area contributed by atoms with Gasteiger partial charge < -0.3 is 4.90 Å². The normalized spacial score (nSPS) is 20.8. The predicted octanol–water partition coefficient (Wildman–Crippen LogP) is 5.05. The maximum Gasteiger partial charge on any atom is 0.264 e. The Bertz CT molecular complexity index is 415. The van der Waals surface area contributed by atoms with Crippen LogP contribution in [0.5, 0.6) is 0 Å². The molecular weight excluding hydrogens is 446 g/mol. The highest BCUT2D eigenvalue weighted by Gasteiger charge is 2.26. The van der Waals surface area contributed by atoms with Crippen LogP contribution >= 0.6 is 59.1 Å². The van der Waals surface area contributed by atoms with Crippen LogP contribution in [0.25, 0.3) is 0 Å². The lowest BCUT2D eigenvalue weighted by atomic mass is 10.1. The van der Waals surface area contributed by atoms with Gasteiger partial charge in [-0.25, -0.2) is 0 Å². The molecule has 1 fully saturated rings. The van der Waals surface area contributed by atoms with Gasteiger partial charge in [-0.2, -0.15) is 0 Å². The zero-order valence-electron chi connectivity index (χ0n) is 9.79. The molecule has 0 N–H and O–H groups in total. The minimum absolute atomic E-state index is 0.165. The van der Waals surface area contributed by atoms with Crippen molar-refractivity contribution in [1.82, 2.24) is 4.90 Å². The van der Waals surface area contributed by atoms with E-state index in [4.69, 9.17) is 0 Å². The van der Waals surface area contributed by atoms with Crippen LogP contribution in [0.3, 0.4) is 0 Å². The summed E-state index contributed by atoms with van der Waals surface area (Å²) in [6, 6.07) is 2.24. The van der Waals surface area contributed by atoms with Crippen LogP contribution in [0.4, 0.5) is 0 Å². The molecule has 0 spiro atoms. The number of hydrogen-bond donors (Lipinski definition) is 0. The predicted molar refractivity (Wildman–Crippen MR) is 86.8 cm³/mol. The van der Waals surface area contributed by atoms with E-state index >= 15 is 0 Å². The van der Waals surface area contributed by atoms with E-state index in [1.807, 2.05) is 11.0 Å². The molecule has 0 aromatic carbocycles. The van der Waals surface area contributed by atoms with Crippen molar-refractivity contribution >= 4 is 65.0 Å². The first-order valence-corrected chi connectivity index (χ1v) is 9.47. The quantitative estimate of drug-likeness (QED) is 0.566. The molecule has 100 valence electrons. The summed E-state index contributed by atoms with van der Waals surface area (Å²) in [5.74, 6) is 0.165. The third kappa shape index (κ3) is 3.38. The lowest BCUT2D eigenvalue weighted by Gasteiger charge is -2.28. The van der Waals surface area contributed by atoms with E-state index < -0.39 is 0 Å². The van der Waals surface area contributed by atoms with Crippen LogP contribution < -0.4 is 0 Å². The lowest BCUT2D eigenvalue weighted by Crippen LogP contribution is -2.40. The molecular formula is C12H14Br3NOS. The summed E-state index contributed by atoms with van der Waals surface area (Å²) in [6.07, 6.45) is 4.66. The van der Waals surface area contributed by atoms with Crippen LogP contribution in [0.15, 0.2) is 14.3 Å². The van der Waals surface area contributed by atoms with Crippen molar-refractivity contribution in [3.8, 4) is 0 Å². The second kappa shape index (κ2) is 6.86. The van der Waals surface area contributed by atoms with Crippen molar-refractivity contribution in [2.75, 3.05) is 11.9 Å². The topological polar surface area (TPSA) is 20.3 Å². The summed E-state index contributed by atoms with van der Waals surface area (Å²) in [5.41, 5.74) is 0. The molecule has 1 amide bonds. The van der Waals surface area contributed by atoms with Crippen molar-refractivity contribution in [2.24, 2.45) is 0 Å². The lowest BCUT2D eigenvalue weighted by molar-refractivity contribution is 0.0707. The van der Waals surface area contributed by atoms with E-state index in [0.717, 1.165) is 37.9 Å². The summed E-state index contributed by atoms with van der Waals surface area (Å²) in [7, 11) is 0. The largest absolute Gasteiger partial charge is 0.334 e. The molecule has 1 aromatic heterocycles. The third-order valence-corrected chi connectivity index (χ3v) is 7.16. The molecule has 18 heavy (non-hydrogen) atoms. The van der Waals surface area contributed by atoms with E-state index in [0.29, 0.717) is 6.04 Å². The van der Waals surface area contributed by atoms with Gasteiger partial charge in [-0.3, -0.25) is 4.79 Å². The average molecular weight is 460 g/mol. The molecule has 2 heterocycles. The van der Waals surface area contributed by atoms with Crippen LogP contribution in [0.2, 0.25) is 0 Å². The smallest absolute Gasteiger partial charge is 0.264 e. The summed E-state index contributed by atoms with van der Waals surface area (Å²) in [6.45, 7) is 0.877. The van der Waals surface area contributed by atoms with Crippen molar-refractivity contribution in [3.05, 3.63) is 19.2 Å². The Morgan fingerprint density at radius 1 is 1.39 bits per heavy atom. The summed E-state index contributed by atoms with van der Waals surface area (Å²) < 4.78 is 1.94. The molecule has 1 aromatic rings. The average Bonchev–Trinajstić information content (AvgIpc) is 2.58. The van der Waals surface area contributed by atoms with Crippen molar-refractivity contribution in [2.45, 2.75) is 31.7 Å². The van der Waals surface area contributed by atoms with Gasteiger partial charge in [0.2, 0.25) is 0 Å². The van der Waals surface area contributed by atoms with Crippen molar-refractivity contribution in [1.29, 1.82) is 0 Å². The van der Waals surface area contributed by atoms with Crippen LogP contribution in [0, 0.1) is 0 Å². The van der Waals surface area contributed by atoms with E-state index in [1.165, 1.54) is 24.2 Å². The number of amides is 1. The molecule has 0 aliphatic carbocycles. The molecule has 1 saturated heterocycles. The number of rotatable bonds is 2. The third-order valence-electron chi connectivity index (χ3n) is 3.17. The van der Waals surface area contributed by atoms with Gasteiger partial charge in [-0.15, -0.1) is 11.3 Å². The molecule has 1 aliphatic rings. The maximum atomic E-state index is 12.6. The van der Waals surface area contributed by atoms with Gasteiger partial charge in [0, 0.05) is 22.4 Å². The first kappa shape index (κ1) is 15.0. The van der Waals surface area contributed by atoms with E-state index in [2.05, 4.69) is 47.8 Å². The molecule has 6 heteroatoms. The molecule has 1 unspecified atom stereocenters. The van der Waals surface area contributed by atoms with Crippen LogP contribution in [-0.4, -0.2) is 28.7 Å². The van der Waals surface area contributed by atoms with Crippen LogP contribution in [0.1, 0.15) is 35.4 Å². The Hall–Kier alpha value is 0.610. The Labute approximate surface area is 137 Å². The molecule has 2 nitrogen and oxygen atoms in total. The molecule has 1 atom stereocenters. The maximum absolute atomic E-state index is 12.6. The summed E-state index contributed by atoms with van der Waals surface area (Å²) in [4.78, 5) is 15.4. The molecule has 0 bridgehead atoms. The van der Waals surface area contributed by atoms with Crippen LogP contribution in [-0.2, 0) is 0 Å². The minimum atomic E-state index is 0.165. The zero-order valence-corrected chi connectivity index (χ0v) is 15.4. The minimum Gasteiger partial charge on any atom is -0.334 e. The molecule has 2 rings (SSSR count). The fourth-order valence-electron chi connectivity index (χ4n) is 2.20. The number of halogens is 3. The Morgan fingerprint density at radius 3 is 2.78 bits per heavy atom. The standard InChI is InChI=1S/C12H14Br3NOS/c13-7-8-4-2-1-3-5-16(8)12(17)10-6-9(14)11(15)18-10/h6,8H,1-5,7H2. The zero-order chi connectivity index (χ0) is 13.1. The number of alkyl halides is 1. The molecule has 1 aliphatic heterocycles. The van der Waals surface area contributed by atoms with Crippen molar-refractivity contribution < 1.29 is 4.79 Å². The first-order chi connectivity index (χ1) is 8.63.